The first-order valence-electron chi connectivity index (χ1n) is 4.88. The second kappa shape index (κ2) is 5.07. The van der Waals surface area contributed by atoms with Crippen molar-refractivity contribution in [2.24, 2.45) is 0 Å². The average Bonchev–Trinajstić information content (AvgIpc) is 2.32. The summed E-state index contributed by atoms with van der Waals surface area (Å²) >= 11 is 0. The first-order valence-corrected chi connectivity index (χ1v) is 4.88. The second-order valence-electron chi connectivity index (χ2n) is 3.74. The topological polar surface area (TPSA) is 44.4 Å². The van der Waals surface area contributed by atoms with E-state index < -0.39 is 0 Å². The number of rotatable bonds is 1. The van der Waals surface area contributed by atoms with Crippen molar-refractivity contribution in [3.63, 3.8) is 0 Å². The third kappa shape index (κ3) is 3.63. The van der Waals surface area contributed by atoms with Crippen LogP contribution in [0.1, 0.15) is 19.3 Å². The SMILES string of the molecule is CN(C)C(=O)NC1CCCCNC1. The molecule has 1 unspecified atom stereocenters. The molecule has 0 saturated carbocycles. The zero-order valence-electron chi connectivity index (χ0n) is 8.47. The van der Waals surface area contributed by atoms with E-state index in [1.165, 1.54) is 12.8 Å². The van der Waals surface area contributed by atoms with Crippen LogP contribution in [0.2, 0.25) is 0 Å². The highest BCUT2D eigenvalue weighted by atomic mass is 16.2. The Morgan fingerprint density at radius 3 is 2.92 bits per heavy atom. The number of urea groups is 1. The van der Waals surface area contributed by atoms with Crippen molar-refractivity contribution in [3.8, 4) is 0 Å². The first kappa shape index (κ1) is 10.3. The Balaban J connectivity index is 2.29. The highest BCUT2D eigenvalue weighted by Crippen LogP contribution is 2.03. The highest BCUT2D eigenvalue weighted by Gasteiger charge is 2.14. The van der Waals surface area contributed by atoms with Crippen LogP contribution in [0, 0.1) is 0 Å². The summed E-state index contributed by atoms with van der Waals surface area (Å²) in [6, 6.07) is 0.311. The highest BCUT2D eigenvalue weighted by molar-refractivity contribution is 5.73. The van der Waals surface area contributed by atoms with E-state index in [4.69, 9.17) is 0 Å². The van der Waals surface area contributed by atoms with E-state index in [9.17, 15) is 4.79 Å². The van der Waals surface area contributed by atoms with Crippen molar-refractivity contribution in [1.82, 2.24) is 15.5 Å². The van der Waals surface area contributed by atoms with Crippen molar-refractivity contribution < 1.29 is 4.79 Å². The van der Waals surface area contributed by atoms with Crippen molar-refractivity contribution in [1.29, 1.82) is 0 Å². The van der Waals surface area contributed by atoms with Gasteiger partial charge in [0.05, 0.1) is 0 Å². The lowest BCUT2D eigenvalue weighted by molar-refractivity contribution is 0.212. The molecule has 1 aliphatic heterocycles. The maximum Gasteiger partial charge on any atom is 0.317 e. The van der Waals surface area contributed by atoms with Gasteiger partial charge >= 0.3 is 6.03 Å². The van der Waals surface area contributed by atoms with Crippen LogP contribution >= 0.6 is 0 Å². The summed E-state index contributed by atoms with van der Waals surface area (Å²) in [5, 5.41) is 6.29. The fourth-order valence-corrected chi connectivity index (χ4v) is 1.45. The molecule has 0 aromatic heterocycles. The monoisotopic (exact) mass is 185 g/mol. The summed E-state index contributed by atoms with van der Waals surface area (Å²) in [4.78, 5) is 12.9. The van der Waals surface area contributed by atoms with Crippen LogP contribution in [-0.2, 0) is 0 Å². The molecule has 0 aromatic rings. The predicted molar refractivity (Wildman–Crippen MR) is 52.7 cm³/mol. The molecule has 13 heavy (non-hydrogen) atoms. The molecule has 0 radical (unpaired) electrons. The van der Waals surface area contributed by atoms with E-state index in [1.807, 2.05) is 0 Å². The maximum absolute atomic E-state index is 11.3. The zero-order chi connectivity index (χ0) is 9.68. The van der Waals surface area contributed by atoms with Crippen LogP contribution in [0.5, 0.6) is 0 Å². The van der Waals surface area contributed by atoms with E-state index >= 15 is 0 Å². The third-order valence-electron chi connectivity index (χ3n) is 2.28. The van der Waals surface area contributed by atoms with Gasteiger partial charge in [-0.2, -0.15) is 0 Å². The summed E-state index contributed by atoms with van der Waals surface area (Å²) in [7, 11) is 3.53. The number of hydrogen-bond acceptors (Lipinski definition) is 2. The van der Waals surface area contributed by atoms with Gasteiger partial charge in [0.1, 0.15) is 0 Å². The van der Waals surface area contributed by atoms with Crippen LogP contribution in [0.4, 0.5) is 4.79 Å². The Morgan fingerprint density at radius 1 is 1.46 bits per heavy atom. The van der Waals surface area contributed by atoms with E-state index in [-0.39, 0.29) is 6.03 Å². The van der Waals surface area contributed by atoms with Crippen molar-refractivity contribution in [3.05, 3.63) is 0 Å². The molecule has 0 aromatic carbocycles. The third-order valence-corrected chi connectivity index (χ3v) is 2.28. The molecule has 2 N–H and O–H groups in total. The quantitative estimate of drug-likeness (QED) is 0.621. The van der Waals surface area contributed by atoms with E-state index in [0.717, 1.165) is 19.5 Å². The number of amides is 2. The van der Waals surface area contributed by atoms with Crippen LogP contribution < -0.4 is 10.6 Å². The predicted octanol–water partition coefficient (Wildman–Crippen LogP) is 0.400. The van der Waals surface area contributed by atoms with Gasteiger partial charge in [0.15, 0.2) is 0 Å². The summed E-state index contributed by atoms with van der Waals surface area (Å²) < 4.78 is 0. The molecule has 1 fully saturated rings. The molecule has 1 saturated heterocycles. The van der Waals surface area contributed by atoms with Gasteiger partial charge in [-0.1, -0.05) is 6.42 Å². The molecule has 76 valence electrons. The molecule has 1 aliphatic rings. The molecule has 0 spiro atoms. The van der Waals surface area contributed by atoms with Crippen molar-refractivity contribution in [2.75, 3.05) is 27.2 Å². The summed E-state index contributed by atoms with van der Waals surface area (Å²) in [6.45, 7) is 1.98. The molecule has 4 nitrogen and oxygen atoms in total. The standard InChI is InChI=1S/C9H19N3O/c1-12(2)9(13)11-8-5-3-4-6-10-7-8/h8,10H,3-7H2,1-2H3,(H,11,13). The number of carbonyl (C=O) groups is 1. The minimum absolute atomic E-state index is 0.00806. The lowest BCUT2D eigenvalue weighted by atomic mass is 10.1. The fourth-order valence-electron chi connectivity index (χ4n) is 1.45. The molecule has 1 rings (SSSR count). The van der Waals surface area contributed by atoms with Gasteiger partial charge in [-0.25, -0.2) is 4.79 Å². The Bertz CT molecular complexity index is 162. The van der Waals surface area contributed by atoms with E-state index in [2.05, 4.69) is 10.6 Å². The smallest absolute Gasteiger partial charge is 0.317 e. The van der Waals surface area contributed by atoms with E-state index in [0.29, 0.717) is 6.04 Å². The van der Waals surface area contributed by atoms with Crippen LogP contribution in [0.15, 0.2) is 0 Å². The van der Waals surface area contributed by atoms with Gasteiger partial charge in [0.25, 0.3) is 0 Å². The summed E-state index contributed by atoms with van der Waals surface area (Å²) in [6.07, 6.45) is 3.51. The second-order valence-corrected chi connectivity index (χ2v) is 3.74. The fraction of sp³-hybridized carbons (Fsp3) is 0.889. The van der Waals surface area contributed by atoms with Crippen LogP contribution in [-0.4, -0.2) is 44.2 Å². The lowest BCUT2D eigenvalue weighted by Gasteiger charge is -2.19. The number of carbonyl (C=O) groups excluding carboxylic acids is 1. The Hall–Kier alpha value is -0.770. The van der Waals surface area contributed by atoms with E-state index in [1.54, 1.807) is 19.0 Å². The van der Waals surface area contributed by atoms with Crippen molar-refractivity contribution in [2.45, 2.75) is 25.3 Å². The summed E-state index contributed by atoms with van der Waals surface area (Å²) in [5.74, 6) is 0. The Labute approximate surface area is 79.7 Å². The normalized spacial score (nSPS) is 23.4. The molecule has 0 aliphatic carbocycles. The van der Waals surface area contributed by atoms with Crippen LogP contribution in [0.3, 0.4) is 0 Å². The minimum Gasteiger partial charge on any atom is -0.334 e. The van der Waals surface area contributed by atoms with Crippen LogP contribution in [0.25, 0.3) is 0 Å². The zero-order valence-corrected chi connectivity index (χ0v) is 8.47. The molecule has 1 heterocycles. The number of nitrogens with one attached hydrogen (secondary N) is 2. The summed E-state index contributed by atoms with van der Waals surface area (Å²) in [5.41, 5.74) is 0. The molecule has 1 atom stereocenters. The van der Waals surface area contributed by atoms with Gasteiger partial charge in [0.2, 0.25) is 0 Å². The molecule has 0 bridgehead atoms. The lowest BCUT2D eigenvalue weighted by Crippen LogP contribution is -2.45. The molecular weight excluding hydrogens is 166 g/mol. The Morgan fingerprint density at radius 2 is 2.23 bits per heavy atom. The molecular formula is C9H19N3O. The van der Waals surface area contributed by atoms with Gasteiger partial charge in [-0.05, 0) is 19.4 Å². The average molecular weight is 185 g/mol. The number of hydrogen-bond donors (Lipinski definition) is 2. The van der Waals surface area contributed by atoms with Gasteiger partial charge in [-0.3, -0.25) is 0 Å². The molecule has 2 amide bonds. The molecule has 4 heteroatoms. The first-order chi connectivity index (χ1) is 6.20. The van der Waals surface area contributed by atoms with Gasteiger partial charge in [0, 0.05) is 26.7 Å². The maximum atomic E-state index is 11.3. The van der Waals surface area contributed by atoms with Gasteiger partial charge < -0.3 is 15.5 Å². The van der Waals surface area contributed by atoms with Crippen molar-refractivity contribution >= 4 is 6.03 Å². The van der Waals surface area contributed by atoms with Gasteiger partial charge in [-0.15, -0.1) is 0 Å². The number of nitrogens with zero attached hydrogens (tertiary/aromatic N) is 1. The minimum atomic E-state index is 0.00806. The largest absolute Gasteiger partial charge is 0.334 e. The Kier molecular flexibility index (Phi) is 4.02.